The Morgan fingerprint density at radius 3 is 2.80 bits per heavy atom. The molecule has 0 unspecified atom stereocenters. The number of likely N-dealkylation sites (tertiary alicyclic amines) is 1. The SMILES string of the molecule is CCOC(=O)NCC1CCN(C(=O)c2ccoc2)CC1. The number of carbonyl (C=O) groups excluding carboxylic acids is 2. The third-order valence-corrected chi connectivity index (χ3v) is 3.48. The maximum Gasteiger partial charge on any atom is 0.407 e. The normalized spacial score (nSPS) is 15.9. The first-order chi connectivity index (χ1) is 9.70. The van der Waals surface area contributed by atoms with E-state index in [9.17, 15) is 9.59 Å². The van der Waals surface area contributed by atoms with Gasteiger partial charge in [-0.3, -0.25) is 4.79 Å². The summed E-state index contributed by atoms with van der Waals surface area (Å²) in [6.45, 7) is 4.17. The summed E-state index contributed by atoms with van der Waals surface area (Å²) in [5.74, 6) is 0.406. The molecule has 0 spiro atoms. The highest BCUT2D eigenvalue weighted by Gasteiger charge is 2.24. The number of hydrogen-bond acceptors (Lipinski definition) is 4. The van der Waals surface area contributed by atoms with E-state index < -0.39 is 0 Å². The Labute approximate surface area is 118 Å². The van der Waals surface area contributed by atoms with Crippen molar-refractivity contribution in [2.24, 2.45) is 5.92 Å². The van der Waals surface area contributed by atoms with Gasteiger partial charge in [-0.1, -0.05) is 0 Å². The van der Waals surface area contributed by atoms with Crippen LogP contribution in [0.5, 0.6) is 0 Å². The van der Waals surface area contributed by atoms with Crippen molar-refractivity contribution in [3.05, 3.63) is 24.2 Å². The van der Waals surface area contributed by atoms with Crippen molar-refractivity contribution in [1.29, 1.82) is 0 Å². The molecule has 0 bridgehead atoms. The third kappa shape index (κ3) is 3.76. The fraction of sp³-hybridized carbons (Fsp3) is 0.571. The van der Waals surface area contributed by atoms with Crippen molar-refractivity contribution in [2.45, 2.75) is 19.8 Å². The number of nitrogens with zero attached hydrogens (tertiary/aromatic N) is 1. The monoisotopic (exact) mass is 280 g/mol. The Hall–Kier alpha value is -1.98. The van der Waals surface area contributed by atoms with E-state index in [-0.39, 0.29) is 12.0 Å². The van der Waals surface area contributed by atoms with Gasteiger partial charge >= 0.3 is 6.09 Å². The van der Waals surface area contributed by atoms with Crippen LogP contribution in [0.3, 0.4) is 0 Å². The summed E-state index contributed by atoms with van der Waals surface area (Å²) in [4.78, 5) is 25.1. The van der Waals surface area contributed by atoms with Crippen LogP contribution in [0.1, 0.15) is 30.1 Å². The highest BCUT2D eigenvalue weighted by molar-refractivity contribution is 5.93. The number of ether oxygens (including phenoxy) is 1. The molecule has 2 rings (SSSR count). The van der Waals surface area contributed by atoms with Gasteiger partial charge in [-0.15, -0.1) is 0 Å². The number of hydrogen-bond donors (Lipinski definition) is 1. The Bertz CT molecular complexity index is 436. The zero-order chi connectivity index (χ0) is 14.4. The van der Waals surface area contributed by atoms with Gasteiger partial charge in [0.05, 0.1) is 18.4 Å². The van der Waals surface area contributed by atoms with Crippen LogP contribution < -0.4 is 5.32 Å². The van der Waals surface area contributed by atoms with E-state index in [1.165, 1.54) is 12.5 Å². The Morgan fingerprint density at radius 1 is 1.45 bits per heavy atom. The van der Waals surface area contributed by atoms with Gasteiger partial charge in [0.1, 0.15) is 6.26 Å². The highest BCUT2D eigenvalue weighted by atomic mass is 16.5. The van der Waals surface area contributed by atoms with Gasteiger partial charge < -0.3 is 19.4 Å². The van der Waals surface area contributed by atoms with E-state index in [2.05, 4.69) is 5.32 Å². The topological polar surface area (TPSA) is 71.8 Å². The van der Waals surface area contributed by atoms with Crippen LogP contribution in [0.25, 0.3) is 0 Å². The van der Waals surface area contributed by atoms with Crippen LogP contribution in [0.15, 0.2) is 23.0 Å². The summed E-state index contributed by atoms with van der Waals surface area (Å²) in [7, 11) is 0. The van der Waals surface area contributed by atoms with Crippen molar-refractivity contribution in [3.8, 4) is 0 Å². The van der Waals surface area contributed by atoms with Gasteiger partial charge in [-0.25, -0.2) is 4.79 Å². The lowest BCUT2D eigenvalue weighted by Crippen LogP contribution is -2.41. The fourth-order valence-electron chi connectivity index (χ4n) is 2.32. The zero-order valence-electron chi connectivity index (χ0n) is 11.6. The second-order valence-electron chi connectivity index (χ2n) is 4.85. The molecule has 6 heteroatoms. The number of nitrogens with one attached hydrogen (secondary N) is 1. The summed E-state index contributed by atoms with van der Waals surface area (Å²) in [5, 5.41) is 2.75. The lowest BCUT2D eigenvalue weighted by atomic mass is 9.96. The smallest absolute Gasteiger partial charge is 0.407 e. The lowest BCUT2D eigenvalue weighted by Gasteiger charge is -2.31. The molecule has 0 saturated carbocycles. The third-order valence-electron chi connectivity index (χ3n) is 3.48. The summed E-state index contributed by atoms with van der Waals surface area (Å²) in [5.41, 5.74) is 0.591. The van der Waals surface area contributed by atoms with Crippen molar-refractivity contribution in [3.63, 3.8) is 0 Å². The molecule has 6 nitrogen and oxygen atoms in total. The van der Waals surface area contributed by atoms with Crippen LogP contribution in [-0.2, 0) is 4.74 Å². The molecule has 2 heterocycles. The summed E-state index contributed by atoms with van der Waals surface area (Å²) < 4.78 is 9.74. The van der Waals surface area contributed by atoms with Gasteiger partial charge in [0, 0.05) is 19.6 Å². The minimum atomic E-state index is -0.371. The van der Waals surface area contributed by atoms with Gasteiger partial charge in [0.2, 0.25) is 0 Å². The van der Waals surface area contributed by atoms with Crippen LogP contribution in [0.4, 0.5) is 4.79 Å². The quantitative estimate of drug-likeness (QED) is 0.914. The summed E-state index contributed by atoms with van der Waals surface area (Å²) >= 11 is 0. The largest absolute Gasteiger partial charge is 0.472 e. The Balaban J connectivity index is 1.72. The molecule has 20 heavy (non-hydrogen) atoms. The maximum absolute atomic E-state index is 12.1. The van der Waals surface area contributed by atoms with Crippen molar-refractivity contribution in [2.75, 3.05) is 26.2 Å². The number of carbonyl (C=O) groups is 2. The molecule has 1 fully saturated rings. The van der Waals surface area contributed by atoms with Crippen molar-refractivity contribution < 1.29 is 18.7 Å². The molecule has 1 N–H and O–H groups in total. The molecule has 110 valence electrons. The zero-order valence-corrected chi connectivity index (χ0v) is 11.6. The second kappa shape index (κ2) is 6.98. The Morgan fingerprint density at radius 2 is 2.20 bits per heavy atom. The second-order valence-corrected chi connectivity index (χ2v) is 4.85. The molecule has 0 atom stereocenters. The van der Waals surface area contributed by atoms with Gasteiger partial charge in [0.25, 0.3) is 5.91 Å². The minimum absolute atomic E-state index is 0.00977. The average molecular weight is 280 g/mol. The van der Waals surface area contributed by atoms with Crippen LogP contribution >= 0.6 is 0 Å². The van der Waals surface area contributed by atoms with E-state index in [0.717, 1.165) is 12.8 Å². The minimum Gasteiger partial charge on any atom is -0.472 e. The molecule has 1 aliphatic rings. The van der Waals surface area contributed by atoms with Crippen LogP contribution in [0, 0.1) is 5.92 Å². The number of alkyl carbamates (subject to hydrolysis) is 1. The van der Waals surface area contributed by atoms with Crippen LogP contribution in [-0.4, -0.2) is 43.1 Å². The molecule has 1 aliphatic heterocycles. The van der Waals surface area contributed by atoms with E-state index >= 15 is 0 Å². The van der Waals surface area contributed by atoms with Crippen LogP contribution in [0.2, 0.25) is 0 Å². The van der Waals surface area contributed by atoms with Gasteiger partial charge in [-0.2, -0.15) is 0 Å². The number of rotatable bonds is 4. The van der Waals surface area contributed by atoms with E-state index in [0.29, 0.717) is 37.7 Å². The first kappa shape index (κ1) is 14.4. The standard InChI is InChI=1S/C14H20N2O4/c1-2-20-14(18)15-9-11-3-6-16(7-4-11)13(17)12-5-8-19-10-12/h5,8,10-11H,2-4,6-7,9H2,1H3,(H,15,18). The van der Waals surface area contributed by atoms with E-state index in [4.69, 9.17) is 9.15 Å². The number of piperidine rings is 1. The van der Waals surface area contributed by atoms with Gasteiger partial charge in [-0.05, 0) is 31.7 Å². The van der Waals surface area contributed by atoms with Crippen molar-refractivity contribution >= 4 is 12.0 Å². The maximum atomic E-state index is 12.1. The highest BCUT2D eigenvalue weighted by Crippen LogP contribution is 2.18. The van der Waals surface area contributed by atoms with Crippen molar-refractivity contribution in [1.82, 2.24) is 10.2 Å². The molecule has 0 radical (unpaired) electrons. The van der Waals surface area contributed by atoms with E-state index in [1.54, 1.807) is 13.0 Å². The first-order valence-corrected chi connectivity index (χ1v) is 6.92. The molecule has 1 aromatic heterocycles. The molecule has 1 aromatic rings. The van der Waals surface area contributed by atoms with E-state index in [1.807, 2.05) is 4.90 Å². The number of amides is 2. The molecule has 2 amide bonds. The Kier molecular flexibility index (Phi) is 5.03. The number of furan rings is 1. The molecule has 0 aromatic carbocycles. The summed E-state index contributed by atoms with van der Waals surface area (Å²) in [6, 6.07) is 1.68. The van der Waals surface area contributed by atoms with Gasteiger partial charge in [0.15, 0.2) is 0 Å². The predicted octanol–water partition coefficient (Wildman–Crippen LogP) is 1.88. The lowest BCUT2D eigenvalue weighted by molar-refractivity contribution is 0.0686. The molecular weight excluding hydrogens is 260 g/mol. The molecule has 0 aliphatic carbocycles. The molecular formula is C14H20N2O4. The summed E-state index contributed by atoms with van der Waals surface area (Å²) in [6.07, 6.45) is 4.37. The average Bonchev–Trinajstić information content (AvgIpc) is 2.99. The molecule has 1 saturated heterocycles. The fourth-order valence-corrected chi connectivity index (χ4v) is 2.32. The first-order valence-electron chi connectivity index (χ1n) is 6.92. The predicted molar refractivity (Wildman–Crippen MR) is 72.4 cm³/mol.